The second kappa shape index (κ2) is 10.0. The Bertz CT molecular complexity index is 775. The van der Waals surface area contributed by atoms with Gasteiger partial charge in [0.15, 0.2) is 5.96 Å². The molecule has 3 rings (SSSR count). The van der Waals surface area contributed by atoms with Crippen molar-refractivity contribution in [2.75, 3.05) is 25.0 Å². The van der Waals surface area contributed by atoms with E-state index in [-0.39, 0.29) is 30.0 Å². The molecule has 0 aliphatic carbocycles. The quantitative estimate of drug-likeness (QED) is 0.248. The second-order valence-electron chi connectivity index (χ2n) is 5.55. The third kappa shape index (κ3) is 5.52. The van der Waals surface area contributed by atoms with Crippen molar-refractivity contribution in [1.29, 1.82) is 0 Å². The topological polar surface area (TPSA) is 84.6 Å². The fourth-order valence-corrected chi connectivity index (χ4v) is 3.06. The lowest BCUT2D eigenvalue weighted by atomic mass is 10.0. The molecule has 2 heterocycles. The average molecular weight is 508 g/mol. The summed E-state index contributed by atoms with van der Waals surface area (Å²) in [4.78, 5) is 8.47. The number of para-hydroxylation sites is 1. The standard InChI is InChI=1S/C17H19Cl2N5O.HI/c18-11-9-13(19)16(23-10-11)21-6-7-22-17(20)24-14-5-8-25-15-4-2-1-3-12(14)15;/h1-4,9-10,14H,5-8H2,(H,21,23)(H3,20,22,24);1H. The first-order valence-corrected chi connectivity index (χ1v) is 8.72. The molecule has 26 heavy (non-hydrogen) atoms. The number of hydrogen-bond donors (Lipinski definition) is 3. The van der Waals surface area contributed by atoms with E-state index in [1.54, 1.807) is 6.07 Å². The summed E-state index contributed by atoms with van der Waals surface area (Å²) in [6, 6.07) is 9.69. The summed E-state index contributed by atoms with van der Waals surface area (Å²) in [5, 5.41) is 7.33. The maximum absolute atomic E-state index is 6.05. The van der Waals surface area contributed by atoms with Crippen LogP contribution < -0.4 is 21.1 Å². The van der Waals surface area contributed by atoms with Gasteiger partial charge in [0.1, 0.15) is 11.6 Å². The predicted octanol–water partition coefficient (Wildman–Crippen LogP) is 3.85. The highest BCUT2D eigenvalue weighted by Crippen LogP contribution is 2.31. The molecular weight excluding hydrogens is 488 g/mol. The van der Waals surface area contributed by atoms with Crippen LogP contribution in [0.4, 0.5) is 5.82 Å². The van der Waals surface area contributed by atoms with E-state index in [4.69, 9.17) is 33.7 Å². The molecule has 0 amide bonds. The summed E-state index contributed by atoms with van der Waals surface area (Å²) in [5.74, 6) is 1.87. The number of nitrogens with zero attached hydrogens (tertiary/aromatic N) is 2. The monoisotopic (exact) mass is 507 g/mol. The normalized spacial score (nSPS) is 16.1. The van der Waals surface area contributed by atoms with E-state index in [9.17, 15) is 0 Å². The number of fused-ring (bicyclic) bond motifs is 1. The van der Waals surface area contributed by atoms with Gasteiger partial charge in [0.2, 0.25) is 0 Å². The molecule has 1 aromatic heterocycles. The van der Waals surface area contributed by atoms with Crippen LogP contribution in [0.15, 0.2) is 41.5 Å². The number of aliphatic imine (C=N–C) groups is 1. The summed E-state index contributed by atoms with van der Waals surface area (Å²) in [5.41, 5.74) is 7.10. The van der Waals surface area contributed by atoms with Gasteiger partial charge in [-0.15, -0.1) is 24.0 Å². The van der Waals surface area contributed by atoms with Crippen LogP contribution in [-0.2, 0) is 0 Å². The van der Waals surface area contributed by atoms with Crippen molar-refractivity contribution >= 4 is 59.0 Å². The molecule has 0 bridgehead atoms. The van der Waals surface area contributed by atoms with E-state index in [2.05, 4.69) is 20.6 Å². The Labute approximate surface area is 179 Å². The maximum Gasteiger partial charge on any atom is 0.189 e. The van der Waals surface area contributed by atoms with Gasteiger partial charge >= 0.3 is 0 Å². The van der Waals surface area contributed by atoms with E-state index in [1.165, 1.54) is 6.20 Å². The van der Waals surface area contributed by atoms with Crippen molar-refractivity contribution in [3.8, 4) is 5.75 Å². The van der Waals surface area contributed by atoms with Crippen molar-refractivity contribution in [1.82, 2.24) is 10.3 Å². The van der Waals surface area contributed by atoms with Gasteiger partial charge in [-0.25, -0.2) is 4.98 Å². The Morgan fingerprint density at radius 1 is 1.35 bits per heavy atom. The van der Waals surface area contributed by atoms with E-state index in [0.29, 0.717) is 41.5 Å². The van der Waals surface area contributed by atoms with Crippen molar-refractivity contribution < 1.29 is 4.74 Å². The average Bonchev–Trinajstić information content (AvgIpc) is 2.60. The molecule has 0 saturated heterocycles. The lowest BCUT2D eigenvalue weighted by Gasteiger charge is -2.26. The molecule has 9 heteroatoms. The van der Waals surface area contributed by atoms with Gasteiger partial charge in [0, 0.05) is 24.7 Å². The van der Waals surface area contributed by atoms with E-state index >= 15 is 0 Å². The van der Waals surface area contributed by atoms with Crippen LogP contribution in [0.2, 0.25) is 10.0 Å². The number of halogens is 3. The minimum atomic E-state index is 0. The summed E-state index contributed by atoms with van der Waals surface area (Å²) in [6.07, 6.45) is 2.38. The molecule has 0 saturated carbocycles. The number of guanidine groups is 1. The SMILES string of the molecule is I.NC(=NCCNc1ncc(Cl)cc1Cl)NC1CCOc2ccccc21. The van der Waals surface area contributed by atoms with Gasteiger partial charge in [-0.1, -0.05) is 41.4 Å². The highest BCUT2D eigenvalue weighted by atomic mass is 127. The van der Waals surface area contributed by atoms with E-state index in [0.717, 1.165) is 17.7 Å². The molecule has 0 fully saturated rings. The Kier molecular flexibility index (Phi) is 8.05. The summed E-state index contributed by atoms with van der Waals surface area (Å²) in [7, 11) is 0. The zero-order chi connectivity index (χ0) is 17.6. The molecular formula is C17H20Cl2IN5O. The number of nitrogens with two attached hydrogens (primary N) is 1. The first kappa shape index (κ1) is 20.9. The Morgan fingerprint density at radius 3 is 2.96 bits per heavy atom. The first-order chi connectivity index (χ1) is 12.1. The van der Waals surface area contributed by atoms with Crippen LogP contribution in [0, 0.1) is 0 Å². The second-order valence-corrected chi connectivity index (χ2v) is 6.39. The van der Waals surface area contributed by atoms with Crippen LogP contribution in [-0.4, -0.2) is 30.6 Å². The van der Waals surface area contributed by atoms with Crippen LogP contribution in [0.1, 0.15) is 18.0 Å². The minimum Gasteiger partial charge on any atom is -0.493 e. The first-order valence-electron chi connectivity index (χ1n) is 7.96. The molecule has 1 aliphatic rings. The van der Waals surface area contributed by atoms with Gasteiger partial charge in [0.05, 0.1) is 29.2 Å². The molecule has 1 aromatic carbocycles. The Morgan fingerprint density at radius 2 is 2.15 bits per heavy atom. The molecule has 4 N–H and O–H groups in total. The maximum atomic E-state index is 6.05. The third-order valence-corrected chi connectivity index (χ3v) is 4.27. The van der Waals surface area contributed by atoms with Crippen molar-refractivity contribution in [3.63, 3.8) is 0 Å². The predicted molar refractivity (Wildman–Crippen MR) is 117 cm³/mol. The minimum absolute atomic E-state index is 0. The number of aromatic nitrogens is 1. The fourth-order valence-electron chi connectivity index (χ4n) is 2.61. The smallest absolute Gasteiger partial charge is 0.189 e. The molecule has 1 atom stereocenters. The van der Waals surface area contributed by atoms with Crippen LogP contribution in [0.3, 0.4) is 0 Å². The zero-order valence-corrected chi connectivity index (χ0v) is 17.8. The molecule has 6 nitrogen and oxygen atoms in total. The number of benzene rings is 1. The molecule has 0 radical (unpaired) electrons. The van der Waals surface area contributed by atoms with Crippen LogP contribution in [0.5, 0.6) is 5.75 Å². The lowest BCUT2D eigenvalue weighted by Crippen LogP contribution is -2.37. The Balaban J connectivity index is 0.00000243. The summed E-state index contributed by atoms with van der Waals surface area (Å²) in [6.45, 7) is 1.70. The van der Waals surface area contributed by atoms with E-state index < -0.39 is 0 Å². The lowest BCUT2D eigenvalue weighted by molar-refractivity contribution is 0.262. The van der Waals surface area contributed by atoms with Gasteiger partial charge < -0.3 is 21.1 Å². The highest BCUT2D eigenvalue weighted by Gasteiger charge is 2.21. The van der Waals surface area contributed by atoms with Crippen molar-refractivity contribution in [3.05, 3.63) is 52.1 Å². The molecule has 1 aliphatic heterocycles. The fraction of sp³-hybridized carbons (Fsp3) is 0.294. The third-order valence-electron chi connectivity index (χ3n) is 3.77. The molecule has 0 spiro atoms. The number of pyridine rings is 1. The zero-order valence-electron chi connectivity index (χ0n) is 13.9. The largest absolute Gasteiger partial charge is 0.493 e. The number of anilines is 1. The number of hydrogen-bond acceptors (Lipinski definition) is 4. The van der Waals surface area contributed by atoms with Crippen molar-refractivity contribution in [2.24, 2.45) is 10.7 Å². The van der Waals surface area contributed by atoms with Gasteiger partial charge in [-0.2, -0.15) is 0 Å². The molecule has 140 valence electrons. The molecule has 2 aromatic rings. The Hall–Kier alpha value is -1.45. The van der Waals surface area contributed by atoms with Gasteiger partial charge in [-0.05, 0) is 12.1 Å². The summed E-state index contributed by atoms with van der Waals surface area (Å²) < 4.78 is 5.64. The molecule has 1 unspecified atom stereocenters. The van der Waals surface area contributed by atoms with Gasteiger partial charge in [0.25, 0.3) is 0 Å². The van der Waals surface area contributed by atoms with E-state index in [1.807, 2.05) is 24.3 Å². The number of rotatable bonds is 5. The number of nitrogens with one attached hydrogen (secondary N) is 2. The van der Waals surface area contributed by atoms with Crippen LogP contribution in [0.25, 0.3) is 0 Å². The highest BCUT2D eigenvalue weighted by molar-refractivity contribution is 14.0. The number of ether oxygens (including phenoxy) is 1. The van der Waals surface area contributed by atoms with Crippen molar-refractivity contribution in [2.45, 2.75) is 12.5 Å². The van der Waals surface area contributed by atoms with Gasteiger partial charge in [-0.3, -0.25) is 4.99 Å². The van der Waals surface area contributed by atoms with Crippen LogP contribution >= 0.6 is 47.2 Å². The summed E-state index contributed by atoms with van der Waals surface area (Å²) >= 11 is 11.9.